The average molecular weight is 459 g/mol. The Balaban J connectivity index is 1.75. The smallest absolute Gasteiger partial charge is 0.126 e. The van der Waals surface area contributed by atoms with Crippen LogP contribution < -0.4 is 9.47 Å². The summed E-state index contributed by atoms with van der Waals surface area (Å²) in [5, 5.41) is 41.0. The highest BCUT2D eigenvalue weighted by molar-refractivity contribution is 5.55. The molecule has 0 radical (unpaired) electrons. The van der Waals surface area contributed by atoms with E-state index in [1.54, 1.807) is 0 Å². The predicted octanol–water partition coefficient (Wildman–Crippen LogP) is 2.08. The molecule has 1 fully saturated rings. The van der Waals surface area contributed by atoms with E-state index in [2.05, 4.69) is 6.92 Å². The minimum Gasteiger partial charge on any atom is -0.494 e. The molecule has 1 saturated heterocycles. The molecule has 0 saturated carbocycles. The normalized spacial score (nSPS) is 26.7. The molecule has 33 heavy (non-hydrogen) atoms. The lowest BCUT2D eigenvalue weighted by Gasteiger charge is -2.41. The van der Waals surface area contributed by atoms with E-state index >= 15 is 0 Å². The minimum absolute atomic E-state index is 0.451. The van der Waals surface area contributed by atoms with Crippen molar-refractivity contribution in [1.82, 2.24) is 0 Å². The summed E-state index contributed by atoms with van der Waals surface area (Å²) in [6, 6.07) is 10.0. The van der Waals surface area contributed by atoms with E-state index in [1.165, 1.54) is 0 Å². The van der Waals surface area contributed by atoms with Crippen LogP contribution in [0.5, 0.6) is 11.5 Å². The molecule has 2 aliphatic rings. The molecule has 0 bridgehead atoms. The molecule has 0 aliphatic carbocycles. The zero-order valence-corrected chi connectivity index (χ0v) is 19.2. The SMILES string of the molecule is CCCc1c(Cc2ccc(OCC)cc2)cc([C@@H]2O[C@H](CO)[C@@H](O)[C@H](O)[C@H]2O)c2c1OCC2. The van der Waals surface area contributed by atoms with Crippen LogP contribution in [0.4, 0.5) is 0 Å². The van der Waals surface area contributed by atoms with Crippen LogP contribution in [0.1, 0.15) is 54.2 Å². The summed E-state index contributed by atoms with van der Waals surface area (Å²) in [5.41, 5.74) is 5.08. The van der Waals surface area contributed by atoms with Crippen LogP contribution >= 0.6 is 0 Å². The molecule has 2 heterocycles. The number of hydrogen-bond acceptors (Lipinski definition) is 7. The van der Waals surface area contributed by atoms with Crippen molar-refractivity contribution >= 4 is 0 Å². The maximum absolute atomic E-state index is 10.8. The molecule has 0 aromatic heterocycles. The minimum atomic E-state index is -1.41. The summed E-state index contributed by atoms with van der Waals surface area (Å²) < 4.78 is 17.5. The van der Waals surface area contributed by atoms with E-state index in [0.29, 0.717) is 26.1 Å². The highest BCUT2D eigenvalue weighted by atomic mass is 16.5. The molecule has 4 rings (SSSR count). The van der Waals surface area contributed by atoms with Crippen molar-refractivity contribution in [2.75, 3.05) is 19.8 Å². The Hall–Kier alpha value is -2.16. The first-order chi connectivity index (χ1) is 16.0. The second kappa shape index (κ2) is 10.4. The molecule has 2 aromatic rings. The number of ether oxygens (including phenoxy) is 3. The van der Waals surface area contributed by atoms with Crippen molar-refractivity contribution in [3.63, 3.8) is 0 Å². The molecule has 0 unspecified atom stereocenters. The Labute approximate surface area is 194 Å². The Bertz CT molecular complexity index is 941. The summed E-state index contributed by atoms with van der Waals surface area (Å²) in [6.45, 7) is 4.80. The van der Waals surface area contributed by atoms with E-state index in [9.17, 15) is 20.4 Å². The highest BCUT2D eigenvalue weighted by Gasteiger charge is 2.45. The Morgan fingerprint density at radius 1 is 1.03 bits per heavy atom. The standard InChI is InChI=1S/C26H34O7/c1-3-5-18-16(12-15-6-8-17(9-7-15)31-4-2)13-20(19-10-11-32-25(18)19)26-24(30)23(29)22(28)21(14-27)33-26/h6-9,13,21-24,26-30H,3-5,10-12,14H2,1-2H3/t21-,22-,23+,24-,26+/m1/s1. The van der Waals surface area contributed by atoms with Crippen LogP contribution in [0.2, 0.25) is 0 Å². The molecule has 2 aromatic carbocycles. The fourth-order valence-electron chi connectivity index (χ4n) is 4.89. The van der Waals surface area contributed by atoms with Crippen molar-refractivity contribution in [1.29, 1.82) is 0 Å². The van der Waals surface area contributed by atoms with Gasteiger partial charge in [0.05, 0.1) is 19.8 Å². The molecule has 7 nitrogen and oxygen atoms in total. The molecule has 180 valence electrons. The highest BCUT2D eigenvalue weighted by Crippen LogP contribution is 2.43. The summed E-state index contributed by atoms with van der Waals surface area (Å²) in [6.07, 6.45) is -2.75. The first kappa shape index (κ1) is 24.0. The van der Waals surface area contributed by atoms with E-state index in [4.69, 9.17) is 14.2 Å². The number of aliphatic hydroxyl groups is 4. The molecular weight excluding hydrogens is 424 g/mol. The first-order valence-electron chi connectivity index (χ1n) is 11.8. The van der Waals surface area contributed by atoms with Crippen LogP contribution in [0.25, 0.3) is 0 Å². The van der Waals surface area contributed by atoms with Gasteiger partial charge in [-0.05, 0) is 54.2 Å². The predicted molar refractivity (Wildman–Crippen MR) is 123 cm³/mol. The van der Waals surface area contributed by atoms with E-state index in [-0.39, 0.29) is 0 Å². The molecule has 4 N–H and O–H groups in total. The van der Waals surface area contributed by atoms with Gasteiger partial charge in [0.2, 0.25) is 0 Å². The maximum Gasteiger partial charge on any atom is 0.126 e. The number of rotatable bonds is 8. The van der Waals surface area contributed by atoms with Crippen LogP contribution in [-0.4, -0.2) is 64.7 Å². The van der Waals surface area contributed by atoms with Gasteiger partial charge in [-0.1, -0.05) is 31.5 Å². The van der Waals surface area contributed by atoms with Gasteiger partial charge < -0.3 is 34.6 Å². The Kier molecular flexibility index (Phi) is 7.56. The molecule has 2 aliphatic heterocycles. The summed E-state index contributed by atoms with van der Waals surface area (Å²) in [4.78, 5) is 0. The number of aliphatic hydroxyl groups excluding tert-OH is 4. The zero-order valence-electron chi connectivity index (χ0n) is 19.2. The second-order valence-electron chi connectivity index (χ2n) is 8.76. The van der Waals surface area contributed by atoms with Crippen molar-refractivity contribution in [2.24, 2.45) is 0 Å². The van der Waals surface area contributed by atoms with Gasteiger partial charge >= 0.3 is 0 Å². The van der Waals surface area contributed by atoms with E-state index < -0.39 is 37.1 Å². The Morgan fingerprint density at radius 3 is 2.45 bits per heavy atom. The van der Waals surface area contributed by atoms with Crippen molar-refractivity contribution in [3.8, 4) is 11.5 Å². The van der Waals surface area contributed by atoms with Gasteiger partial charge in [-0.25, -0.2) is 0 Å². The maximum atomic E-state index is 10.8. The van der Waals surface area contributed by atoms with Gasteiger partial charge in [-0.2, -0.15) is 0 Å². The van der Waals surface area contributed by atoms with Crippen LogP contribution in [-0.2, 0) is 24.0 Å². The molecular formula is C26H34O7. The lowest BCUT2D eigenvalue weighted by Crippen LogP contribution is -2.55. The zero-order chi connectivity index (χ0) is 23.5. The lowest BCUT2D eigenvalue weighted by molar-refractivity contribution is -0.231. The van der Waals surface area contributed by atoms with E-state index in [1.807, 2.05) is 37.3 Å². The summed E-state index contributed by atoms with van der Waals surface area (Å²) >= 11 is 0. The molecule has 0 spiro atoms. The van der Waals surface area contributed by atoms with Gasteiger partial charge in [0.15, 0.2) is 0 Å². The fourth-order valence-corrected chi connectivity index (χ4v) is 4.89. The van der Waals surface area contributed by atoms with Gasteiger partial charge in [-0.15, -0.1) is 0 Å². The Morgan fingerprint density at radius 2 is 1.79 bits per heavy atom. The van der Waals surface area contributed by atoms with Crippen LogP contribution in [0.3, 0.4) is 0 Å². The fraction of sp³-hybridized carbons (Fsp3) is 0.538. The average Bonchev–Trinajstić information content (AvgIpc) is 3.31. The van der Waals surface area contributed by atoms with Crippen molar-refractivity contribution in [2.45, 2.75) is 70.1 Å². The molecule has 5 atom stereocenters. The largest absolute Gasteiger partial charge is 0.494 e. The van der Waals surface area contributed by atoms with Crippen molar-refractivity contribution in [3.05, 3.63) is 58.1 Å². The summed E-state index contributed by atoms with van der Waals surface area (Å²) in [5.74, 6) is 1.67. The number of hydrogen-bond donors (Lipinski definition) is 4. The van der Waals surface area contributed by atoms with Gasteiger partial charge in [0.25, 0.3) is 0 Å². The summed E-state index contributed by atoms with van der Waals surface area (Å²) in [7, 11) is 0. The van der Waals surface area contributed by atoms with Gasteiger partial charge in [0.1, 0.15) is 42.0 Å². The number of benzene rings is 2. The van der Waals surface area contributed by atoms with Crippen LogP contribution in [0, 0.1) is 0 Å². The van der Waals surface area contributed by atoms with Gasteiger partial charge in [0, 0.05) is 12.0 Å². The second-order valence-corrected chi connectivity index (χ2v) is 8.76. The first-order valence-corrected chi connectivity index (χ1v) is 11.8. The quantitative estimate of drug-likeness (QED) is 0.480. The lowest BCUT2D eigenvalue weighted by atomic mass is 9.84. The van der Waals surface area contributed by atoms with Crippen LogP contribution in [0.15, 0.2) is 30.3 Å². The molecule has 0 amide bonds. The topological polar surface area (TPSA) is 109 Å². The van der Waals surface area contributed by atoms with Gasteiger partial charge in [-0.3, -0.25) is 0 Å². The van der Waals surface area contributed by atoms with E-state index in [0.717, 1.165) is 52.2 Å². The number of fused-ring (bicyclic) bond motifs is 1. The third-order valence-corrected chi connectivity index (χ3v) is 6.54. The molecule has 7 heteroatoms. The third-order valence-electron chi connectivity index (χ3n) is 6.54. The monoisotopic (exact) mass is 458 g/mol. The van der Waals surface area contributed by atoms with Crippen molar-refractivity contribution < 1.29 is 34.6 Å². The third kappa shape index (κ3) is 4.74.